The van der Waals surface area contributed by atoms with Gasteiger partial charge in [0.2, 0.25) is 0 Å². The van der Waals surface area contributed by atoms with Crippen molar-refractivity contribution in [3.63, 3.8) is 0 Å². The van der Waals surface area contributed by atoms with E-state index in [2.05, 4.69) is 5.32 Å². The van der Waals surface area contributed by atoms with Gasteiger partial charge in [-0.1, -0.05) is 36.2 Å². The Balaban J connectivity index is 2.13. The third-order valence-electron chi connectivity index (χ3n) is 3.98. The van der Waals surface area contributed by atoms with Gasteiger partial charge in [-0.2, -0.15) is 0 Å². The third-order valence-corrected chi connectivity index (χ3v) is 4.62. The highest BCUT2D eigenvalue weighted by molar-refractivity contribution is 6.32. The standard InChI is InChI=1S/C19H22Cl2FNO3/c1-3-15(10-24)23-9-12-6-17(21)19(18(7-12)25-2)26-11-13-4-5-14(22)8-16(13)20/h4-8,15,23-24H,3,9-11H2,1-2H3. The summed E-state index contributed by atoms with van der Waals surface area (Å²) in [7, 11) is 1.53. The summed E-state index contributed by atoms with van der Waals surface area (Å²) in [6.07, 6.45) is 0.820. The van der Waals surface area contributed by atoms with Gasteiger partial charge in [0.1, 0.15) is 12.4 Å². The average molecular weight is 402 g/mol. The van der Waals surface area contributed by atoms with Gasteiger partial charge in [-0.25, -0.2) is 4.39 Å². The fourth-order valence-corrected chi connectivity index (χ4v) is 2.91. The predicted octanol–water partition coefficient (Wildman–Crippen LogP) is 4.58. The minimum Gasteiger partial charge on any atom is -0.493 e. The highest BCUT2D eigenvalue weighted by atomic mass is 35.5. The number of aliphatic hydroxyl groups excluding tert-OH is 1. The first-order valence-corrected chi connectivity index (χ1v) is 9.01. The number of ether oxygens (including phenoxy) is 2. The summed E-state index contributed by atoms with van der Waals surface area (Å²) in [4.78, 5) is 0. The van der Waals surface area contributed by atoms with Gasteiger partial charge in [-0.05, 0) is 36.2 Å². The van der Waals surface area contributed by atoms with Crippen molar-refractivity contribution in [3.8, 4) is 11.5 Å². The van der Waals surface area contributed by atoms with E-state index in [-0.39, 0.29) is 24.3 Å². The summed E-state index contributed by atoms with van der Waals surface area (Å²) in [6.45, 7) is 2.74. The average Bonchev–Trinajstić information content (AvgIpc) is 2.62. The van der Waals surface area contributed by atoms with Crippen LogP contribution in [0.15, 0.2) is 30.3 Å². The molecule has 2 N–H and O–H groups in total. The van der Waals surface area contributed by atoms with Gasteiger partial charge < -0.3 is 19.9 Å². The molecule has 0 saturated heterocycles. The number of hydrogen-bond donors (Lipinski definition) is 2. The second kappa shape index (κ2) is 9.97. The number of nitrogens with one attached hydrogen (secondary N) is 1. The molecule has 0 heterocycles. The van der Waals surface area contributed by atoms with Crippen LogP contribution in [-0.4, -0.2) is 24.9 Å². The van der Waals surface area contributed by atoms with Gasteiger partial charge in [0.15, 0.2) is 11.5 Å². The molecule has 0 spiro atoms. The quantitative estimate of drug-likeness (QED) is 0.645. The van der Waals surface area contributed by atoms with Gasteiger partial charge >= 0.3 is 0 Å². The number of rotatable bonds is 9. The molecule has 0 amide bonds. The molecule has 0 aliphatic heterocycles. The Morgan fingerprint density at radius 2 is 1.96 bits per heavy atom. The molecule has 2 aromatic rings. The van der Waals surface area contributed by atoms with Crippen molar-refractivity contribution in [3.05, 3.63) is 57.3 Å². The summed E-state index contributed by atoms with van der Waals surface area (Å²) in [5, 5.41) is 13.2. The van der Waals surface area contributed by atoms with E-state index in [1.54, 1.807) is 12.1 Å². The van der Waals surface area contributed by atoms with Crippen LogP contribution in [0.1, 0.15) is 24.5 Å². The van der Waals surface area contributed by atoms with Gasteiger partial charge in [-0.15, -0.1) is 0 Å². The van der Waals surface area contributed by atoms with E-state index in [9.17, 15) is 9.50 Å². The van der Waals surface area contributed by atoms with Gasteiger partial charge in [0.05, 0.1) is 23.8 Å². The maximum atomic E-state index is 13.1. The van der Waals surface area contributed by atoms with Crippen LogP contribution in [0.3, 0.4) is 0 Å². The monoisotopic (exact) mass is 401 g/mol. The molecule has 1 unspecified atom stereocenters. The Hall–Kier alpha value is -1.53. The lowest BCUT2D eigenvalue weighted by Crippen LogP contribution is -2.31. The Labute approximate surface area is 162 Å². The van der Waals surface area contributed by atoms with Crippen LogP contribution < -0.4 is 14.8 Å². The van der Waals surface area contributed by atoms with Crippen LogP contribution in [0.25, 0.3) is 0 Å². The molecule has 0 bridgehead atoms. The Morgan fingerprint density at radius 3 is 2.58 bits per heavy atom. The summed E-state index contributed by atoms with van der Waals surface area (Å²) >= 11 is 12.4. The minimum atomic E-state index is -0.403. The van der Waals surface area contributed by atoms with E-state index in [4.69, 9.17) is 32.7 Å². The van der Waals surface area contributed by atoms with Gasteiger partial charge in [-0.3, -0.25) is 0 Å². The lowest BCUT2D eigenvalue weighted by molar-refractivity contribution is 0.238. The molecule has 142 valence electrons. The van der Waals surface area contributed by atoms with E-state index in [1.165, 1.54) is 19.2 Å². The molecular formula is C19H22Cl2FNO3. The van der Waals surface area contributed by atoms with E-state index >= 15 is 0 Å². The second-order valence-electron chi connectivity index (χ2n) is 5.80. The van der Waals surface area contributed by atoms with Crippen molar-refractivity contribution in [1.29, 1.82) is 0 Å². The van der Waals surface area contributed by atoms with Gasteiger partial charge in [0, 0.05) is 18.2 Å². The van der Waals surface area contributed by atoms with E-state index < -0.39 is 5.82 Å². The SMILES string of the molecule is CCC(CO)NCc1cc(Cl)c(OCc2ccc(F)cc2Cl)c(OC)c1. The number of benzene rings is 2. The van der Waals surface area contributed by atoms with Crippen LogP contribution in [0.5, 0.6) is 11.5 Å². The van der Waals surface area contributed by atoms with Crippen LogP contribution in [0, 0.1) is 5.82 Å². The van der Waals surface area contributed by atoms with Crippen LogP contribution >= 0.6 is 23.2 Å². The first-order chi connectivity index (χ1) is 12.5. The zero-order valence-corrected chi connectivity index (χ0v) is 16.2. The lowest BCUT2D eigenvalue weighted by Gasteiger charge is -2.17. The van der Waals surface area contributed by atoms with Crippen molar-refractivity contribution in [2.45, 2.75) is 32.5 Å². The van der Waals surface area contributed by atoms with Crippen LogP contribution in [-0.2, 0) is 13.2 Å². The molecular weight excluding hydrogens is 380 g/mol. The molecule has 0 radical (unpaired) electrons. The maximum Gasteiger partial charge on any atom is 0.180 e. The molecule has 7 heteroatoms. The van der Waals surface area contributed by atoms with Crippen molar-refractivity contribution < 1.29 is 19.0 Å². The van der Waals surface area contributed by atoms with Gasteiger partial charge in [0.25, 0.3) is 0 Å². The molecule has 0 saturated carbocycles. The fraction of sp³-hybridized carbons (Fsp3) is 0.368. The summed E-state index contributed by atoms with van der Waals surface area (Å²) in [6, 6.07) is 7.75. The summed E-state index contributed by atoms with van der Waals surface area (Å²) in [5.41, 5.74) is 1.55. The molecule has 1 atom stereocenters. The highest BCUT2D eigenvalue weighted by Crippen LogP contribution is 2.37. The molecule has 2 aromatic carbocycles. The van der Waals surface area contributed by atoms with Crippen molar-refractivity contribution in [2.24, 2.45) is 0 Å². The molecule has 2 rings (SSSR count). The fourth-order valence-electron chi connectivity index (χ4n) is 2.40. The van der Waals surface area contributed by atoms with Crippen LogP contribution in [0.4, 0.5) is 4.39 Å². The molecule has 26 heavy (non-hydrogen) atoms. The minimum absolute atomic E-state index is 0.0244. The zero-order chi connectivity index (χ0) is 19.1. The maximum absolute atomic E-state index is 13.1. The molecule has 0 aliphatic rings. The number of aliphatic hydroxyl groups is 1. The van der Waals surface area contributed by atoms with Crippen molar-refractivity contribution in [1.82, 2.24) is 5.32 Å². The smallest absolute Gasteiger partial charge is 0.180 e. The van der Waals surface area contributed by atoms with E-state index in [0.29, 0.717) is 28.6 Å². The number of halogens is 3. The Kier molecular flexibility index (Phi) is 7.97. The number of hydrogen-bond acceptors (Lipinski definition) is 4. The Morgan fingerprint density at radius 1 is 1.19 bits per heavy atom. The van der Waals surface area contributed by atoms with Crippen LogP contribution in [0.2, 0.25) is 10.0 Å². The lowest BCUT2D eigenvalue weighted by atomic mass is 10.1. The second-order valence-corrected chi connectivity index (χ2v) is 6.62. The highest BCUT2D eigenvalue weighted by Gasteiger charge is 2.14. The Bertz CT molecular complexity index is 739. The first kappa shape index (κ1) is 20.8. The molecule has 0 aromatic heterocycles. The normalized spacial score (nSPS) is 12.1. The van der Waals surface area contributed by atoms with Crippen molar-refractivity contribution in [2.75, 3.05) is 13.7 Å². The van der Waals surface area contributed by atoms with E-state index in [1.807, 2.05) is 13.0 Å². The first-order valence-electron chi connectivity index (χ1n) is 8.25. The number of methoxy groups -OCH3 is 1. The summed E-state index contributed by atoms with van der Waals surface area (Å²) < 4.78 is 24.3. The largest absolute Gasteiger partial charge is 0.493 e. The summed E-state index contributed by atoms with van der Waals surface area (Å²) in [5.74, 6) is 0.483. The van der Waals surface area contributed by atoms with E-state index in [0.717, 1.165) is 12.0 Å². The molecule has 4 nitrogen and oxygen atoms in total. The third kappa shape index (κ3) is 5.48. The molecule has 0 fully saturated rings. The molecule has 0 aliphatic carbocycles. The zero-order valence-electron chi connectivity index (χ0n) is 14.7. The topological polar surface area (TPSA) is 50.7 Å². The predicted molar refractivity (Wildman–Crippen MR) is 102 cm³/mol. The van der Waals surface area contributed by atoms with Crippen molar-refractivity contribution >= 4 is 23.2 Å².